The van der Waals surface area contributed by atoms with Crippen molar-refractivity contribution < 1.29 is 4.79 Å². The van der Waals surface area contributed by atoms with E-state index >= 15 is 0 Å². The molecule has 2 heterocycles. The highest BCUT2D eigenvalue weighted by molar-refractivity contribution is 5.79. The zero-order valence-electron chi connectivity index (χ0n) is 10.1. The molecule has 0 saturated carbocycles. The van der Waals surface area contributed by atoms with Gasteiger partial charge < -0.3 is 10.6 Å². The van der Waals surface area contributed by atoms with Crippen molar-refractivity contribution in [3.8, 4) is 0 Å². The molecule has 1 atom stereocenters. The summed E-state index contributed by atoms with van der Waals surface area (Å²) in [6.45, 7) is 1.43. The van der Waals surface area contributed by atoms with Crippen molar-refractivity contribution in [2.45, 2.75) is 18.9 Å². The van der Waals surface area contributed by atoms with Crippen molar-refractivity contribution in [1.29, 1.82) is 0 Å². The van der Waals surface area contributed by atoms with Crippen molar-refractivity contribution >= 4 is 16.8 Å². The number of nitrogens with zero attached hydrogens (tertiary/aromatic N) is 2. The fraction of sp³-hybridized carbons (Fsp3) is 0.385. The van der Waals surface area contributed by atoms with Crippen molar-refractivity contribution in [2.24, 2.45) is 5.73 Å². The number of benzene rings is 1. The number of fused-ring (bicyclic) bond motifs is 1. The fourth-order valence-electron chi connectivity index (χ4n) is 2.42. The number of amides is 1. The average molecular weight is 244 g/mol. The summed E-state index contributed by atoms with van der Waals surface area (Å²) >= 11 is 0. The SMILES string of the molecule is NC1CC(=O)N(CCc2ccc3cn[nH]c3c2)C1. The second-order valence-electron chi connectivity index (χ2n) is 4.85. The van der Waals surface area contributed by atoms with Crippen LogP contribution in [-0.4, -0.2) is 40.1 Å². The van der Waals surface area contributed by atoms with Gasteiger partial charge in [0.05, 0.1) is 11.7 Å². The molecule has 0 radical (unpaired) electrons. The summed E-state index contributed by atoms with van der Waals surface area (Å²) in [6.07, 6.45) is 3.15. The van der Waals surface area contributed by atoms with Crippen LogP contribution in [0.1, 0.15) is 12.0 Å². The predicted octanol–water partition coefficient (Wildman–Crippen LogP) is 0.665. The van der Waals surface area contributed by atoms with E-state index in [1.807, 2.05) is 17.2 Å². The lowest BCUT2D eigenvalue weighted by Crippen LogP contribution is -2.30. The first kappa shape index (κ1) is 11.2. The van der Waals surface area contributed by atoms with Gasteiger partial charge in [-0.25, -0.2) is 0 Å². The smallest absolute Gasteiger partial charge is 0.224 e. The molecular weight excluding hydrogens is 228 g/mol. The number of likely N-dealkylation sites (tertiary alicyclic amines) is 1. The van der Waals surface area contributed by atoms with Crippen LogP contribution in [0, 0.1) is 0 Å². The van der Waals surface area contributed by atoms with Crippen LogP contribution < -0.4 is 5.73 Å². The zero-order chi connectivity index (χ0) is 12.5. The molecule has 1 fully saturated rings. The quantitative estimate of drug-likeness (QED) is 0.833. The molecule has 0 aliphatic carbocycles. The van der Waals surface area contributed by atoms with Crippen LogP contribution in [0.25, 0.3) is 10.9 Å². The highest BCUT2D eigenvalue weighted by Crippen LogP contribution is 2.15. The number of aromatic nitrogens is 2. The topological polar surface area (TPSA) is 75.0 Å². The first-order chi connectivity index (χ1) is 8.72. The number of carbonyl (C=O) groups is 1. The van der Waals surface area contributed by atoms with Gasteiger partial charge in [-0.1, -0.05) is 12.1 Å². The van der Waals surface area contributed by atoms with Gasteiger partial charge in [0.15, 0.2) is 0 Å². The van der Waals surface area contributed by atoms with Crippen molar-refractivity contribution in [1.82, 2.24) is 15.1 Å². The molecule has 5 nitrogen and oxygen atoms in total. The summed E-state index contributed by atoms with van der Waals surface area (Å²) in [5.74, 6) is 0.171. The van der Waals surface area contributed by atoms with Gasteiger partial charge in [-0.2, -0.15) is 5.10 Å². The molecule has 18 heavy (non-hydrogen) atoms. The zero-order valence-corrected chi connectivity index (χ0v) is 10.1. The van der Waals surface area contributed by atoms with Crippen LogP contribution in [0.5, 0.6) is 0 Å². The van der Waals surface area contributed by atoms with Crippen molar-refractivity contribution in [3.63, 3.8) is 0 Å². The lowest BCUT2D eigenvalue weighted by molar-refractivity contribution is -0.127. The molecular formula is C13H16N4O. The molecule has 3 N–H and O–H groups in total. The highest BCUT2D eigenvalue weighted by atomic mass is 16.2. The lowest BCUT2D eigenvalue weighted by Gasteiger charge is -2.15. The van der Waals surface area contributed by atoms with E-state index in [9.17, 15) is 4.79 Å². The first-order valence-electron chi connectivity index (χ1n) is 6.18. The molecule has 0 bridgehead atoms. The maximum Gasteiger partial charge on any atom is 0.224 e. The van der Waals surface area contributed by atoms with E-state index in [1.165, 1.54) is 5.56 Å². The number of carbonyl (C=O) groups excluding carboxylic acids is 1. The maximum absolute atomic E-state index is 11.6. The van der Waals surface area contributed by atoms with Crippen molar-refractivity contribution in [2.75, 3.05) is 13.1 Å². The van der Waals surface area contributed by atoms with Gasteiger partial charge in [-0.3, -0.25) is 9.89 Å². The van der Waals surface area contributed by atoms with Gasteiger partial charge >= 0.3 is 0 Å². The minimum atomic E-state index is 0.00703. The molecule has 0 spiro atoms. The molecule has 1 aromatic heterocycles. The molecule has 1 aromatic carbocycles. The third-order valence-corrected chi connectivity index (χ3v) is 3.42. The molecule has 1 aliphatic heterocycles. The molecule has 1 saturated heterocycles. The second kappa shape index (κ2) is 4.42. The number of nitrogens with one attached hydrogen (secondary N) is 1. The van der Waals surface area contributed by atoms with E-state index in [0.29, 0.717) is 13.0 Å². The summed E-state index contributed by atoms with van der Waals surface area (Å²) in [5, 5.41) is 8.06. The van der Waals surface area contributed by atoms with Crippen LogP contribution in [0.3, 0.4) is 0 Å². The van der Waals surface area contributed by atoms with Gasteiger partial charge in [0.1, 0.15) is 0 Å². The Balaban J connectivity index is 1.67. The lowest BCUT2D eigenvalue weighted by atomic mass is 10.1. The molecule has 94 valence electrons. The molecule has 2 aromatic rings. The van der Waals surface area contributed by atoms with Gasteiger partial charge in [0.2, 0.25) is 5.91 Å². The standard InChI is InChI=1S/C13H16N4O/c14-11-6-13(18)17(8-11)4-3-9-1-2-10-7-15-16-12(10)5-9/h1-2,5,7,11H,3-4,6,8,14H2,(H,15,16). The van der Waals surface area contributed by atoms with Crippen molar-refractivity contribution in [3.05, 3.63) is 30.0 Å². The van der Waals surface area contributed by atoms with Gasteiger partial charge in [0.25, 0.3) is 0 Å². The second-order valence-corrected chi connectivity index (χ2v) is 4.85. The summed E-state index contributed by atoms with van der Waals surface area (Å²) in [7, 11) is 0. The average Bonchev–Trinajstić information content (AvgIpc) is 2.92. The maximum atomic E-state index is 11.6. The number of aromatic amines is 1. The summed E-state index contributed by atoms with van der Waals surface area (Å²) in [5.41, 5.74) is 8.02. The normalized spacial score (nSPS) is 19.9. The Morgan fingerprint density at radius 1 is 1.50 bits per heavy atom. The predicted molar refractivity (Wildman–Crippen MR) is 69.0 cm³/mol. The van der Waals surface area contributed by atoms with Crippen LogP contribution >= 0.6 is 0 Å². The largest absolute Gasteiger partial charge is 0.341 e. The third kappa shape index (κ3) is 2.09. The number of rotatable bonds is 3. The van der Waals surface area contributed by atoms with Crippen LogP contribution in [0.2, 0.25) is 0 Å². The monoisotopic (exact) mass is 244 g/mol. The van der Waals surface area contributed by atoms with E-state index in [0.717, 1.165) is 23.9 Å². The van der Waals surface area contributed by atoms with Crippen LogP contribution in [-0.2, 0) is 11.2 Å². The fourth-order valence-corrected chi connectivity index (χ4v) is 2.42. The Kier molecular flexibility index (Phi) is 2.76. The minimum absolute atomic E-state index is 0.00703. The Morgan fingerprint density at radius 3 is 3.17 bits per heavy atom. The number of nitrogens with two attached hydrogens (primary N) is 1. The summed E-state index contributed by atoms with van der Waals surface area (Å²) in [6, 6.07) is 6.22. The molecule has 1 unspecified atom stereocenters. The summed E-state index contributed by atoms with van der Waals surface area (Å²) in [4.78, 5) is 13.5. The minimum Gasteiger partial charge on any atom is -0.341 e. The molecule has 1 amide bonds. The number of H-pyrrole nitrogens is 1. The Labute approximate surface area is 105 Å². The van der Waals surface area contributed by atoms with Gasteiger partial charge in [0, 0.05) is 30.9 Å². The number of hydrogen-bond donors (Lipinski definition) is 2. The Hall–Kier alpha value is -1.88. The van der Waals surface area contributed by atoms with Crippen LogP contribution in [0.15, 0.2) is 24.4 Å². The Morgan fingerprint density at radius 2 is 2.39 bits per heavy atom. The van der Waals surface area contributed by atoms with E-state index < -0.39 is 0 Å². The van der Waals surface area contributed by atoms with E-state index in [4.69, 9.17) is 5.73 Å². The van der Waals surface area contributed by atoms with Gasteiger partial charge in [-0.15, -0.1) is 0 Å². The molecule has 3 rings (SSSR count). The van der Waals surface area contributed by atoms with E-state index in [2.05, 4.69) is 22.3 Å². The molecule has 1 aliphatic rings. The van der Waals surface area contributed by atoms with E-state index in [1.54, 1.807) is 0 Å². The van der Waals surface area contributed by atoms with Gasteiger partial charge in [-0.05, 0) is 18.1 Å². The Bertz CT molecular complexity index is 577. The molecule has 5 heteroatoms. The van der Waals surface area contributed by atoms with E-state index in [-0.39, 0.29) is 11.9 Å². The number of hydrogen-bond acceptors (Lipinski definition) is 3. The summed E-state index contributed by atoms with van der Waals surface area (Å²) < 4.78 is 0. The third-order valence-electron chi connectivity index (χ3n) is 3.42. The van der Waals surface area contributed by atoms with Crippen LogP contribution in [0.4, 0.5) is 0 Å². The first-order valence-corrected chi connectivity index (χ1v) is 6.18. The highest BCUT2D eigenvalue weighted by Gasteiger charge is 2.26.